The molecule has 9 heteroatoms. The number of hydrogen-bond donors (Lipinski definition) is 6. The second-order valence-electron chi connectivity index (χ2n) is 20.8. The number of ether oxygens (including phenoxy) is 2. The second kappa shape index (κ2) is 49.3. The van der Waals surface area contributed by atoms with Gasteiger partial charge in [-0.2, -0.15) is 0 Å². The molecule has 1 aliphatic heterocycles. The zero-order valence-corrected chi connectivity index (χ0v) is 44.6. The van der Waals surface area contributed by atoms with Crippen molar-refractivity contribution >= 4 is 5.91 Å². The molecule has 7 unspecified atom stereocenters. The number of carbonyl (C=O) groups excluding carboxylic acids is 1. The highest BCUT2D eigenvalue weighted by Crippen LogP contribution is 2.23. The lowest BCUT2D eigenvalue weighted by molar-refractivity contribution is -0.302. The predicted octanol–water partition coefficient (Wildman–Crippen LogP) is 14.6. The second-order valence-corrected chi connectivity index (χ2v) is 20.8. The first-order chi connectivity index (χ1) is 33.3. The molecule has 1 saturated heterocycles. The fourth-order valence-corrected chi connectivity index (χ4v) is 9.61. The van der Waals surface area contributed by atoms with Gasteiger partial charge < -0.3 is 40.3 Å². The average molecular weight is 965 g/mol. The van der Waals surface area contributed by atoms with Crippen molar-refractivity contribution in [2.75, 3.05) is 13.2 Å². The molecule has 402 valence electrons. The number of aliphatic hydroxyl groups is 5. The van der Waals surface area contributed by atoms with Crippen LogP contribution < -0.4 is 5.32 Å². The number of rotatable bonds is 51. The minimum absolute atomic E-state index is 0.142. The Kier molecular flexibility index (Phi) is 46.9. The van der Waals surface area contributed by atoms with Crippen molar-refractivity contribution in [3.8, 4) is 0 Å². The largest absolute Gasteiger partial charge is 0.394 e. The van der Waals surface area contributed by atoms with Gasteiger partial charge in [-0.05, 0) is 44.9 Å². The van der Waals surface area contributed by atoms with Gasteiger partial charge in [0.25, 0.3) is 0 Å². The van der Waals surface area contributed by atoms with Crippen LogP contribution in [0.5, 0.6) is 0 Å². The Bertz CT molecular complexity index is 1120. The number of unbranched alkanes of at least 4 members (excludes halogenated alkanes) is 37. The summed E-state index contributed by atoms with van der Waals surface area (Å²) in [5, 5.41) is 54.6. The number of nitrogens with one attached hydrogen (secondary N) is 1. The third-order valence-electron chi connectivity index (χ3n) is 14.3. The summed E-state index contributed by atoms with van der Waals surface area (Å²) in [5.41, 5.74) is 0. The maximum absolute atomic E-state index is 13.0. The first-order valence-electron chi connectivity index (χ1n) is 29.5. The van der Waals surface area contributed by atoms with E-state index < -0.39 is 49.5 Å². The number of aliphatic hydroxyl groups excluding tert-OH is 5. The molecule has 6 N–H and O–H groups in total. The molecule has 68 heavy (non-hydrogen) atoms. The minimum Gasteiger partial charge on any atom is -0.394 e. The summed E-state index contributed by atoms with van der Waals surface area (Å²) in [4.78, 5) is 13.0. The molecule has 0 radical (unpaired) electrons. The number of carbonyl (C=O) groups is 1. The average Bonchev–Trinajstić information content (AvgIpc) is 3.34. The maximum atomic E-state index is 13.0. The molecule has 1 aliphatic rings. The molecule has 1 rings (SSSR count). The summed E-state index contributed by atoms with van der Waals surface area (Å²) in [5.74, 6) is -0.155. The highest BCUT2D eigenvalue weighted by atomic mass is 16.7. The van der Waals surface area contributed by atoms with E-state index in [0.717, 1.165) is 64.2 Å². The Hall–Kier alpha value is -1.33. The van der Waals surface area contributed by atoms with Crippen molar-refractivity contribution in [3.05, 3.63) is 24.3 Å². The van der Waals surface area contributed by atoms with Gasteiger partial charge in [0.05, 0.1) is 25.4 Å². The molecule has 0 saturated carbocycles. The fraction of sp³-hybridized carbons (Fsp3) is 0.915. The van der Waals surface area contributed by atoms with Crippen LogP contribution in [-0.4, -0.2) is 87.5 Å². The molecular formula is C59H113NO8. The van der Waals surface area contributed by atoms with E-state index >= 15 is 0 Å². The lowest BCUT2D eigenvalue weighted by Gasteiger charge is -2.40. The van der Waals surface area contributed by atoms with Crippen molar-refractivity contribution in [2.24, 2.45) is 0 Å². The molecule has 1 amide bonds. The standard InChI is InChI=1S/C59H113NO8/c1-3-5-7-9-11-13-15-17-19-20-21-22-23-24-25-26-27-28-29-30-31-32-33-35-36-38-40-42-44-46-48-53(62)52(51-67-59-58(66)57(65)56(64)54(50-61)68-59)60-55(63)49-47-45-43-41-39-37-34-18-16-14-12-10-8-6-4-2/h12,14,18,34,52-54,56-59,61-62,64-66H,3-11,13,15-17,19-33,35-51H2,1-2H3,(H,60,63)/b14-12-,34-18-. The molecule has 0 aliphatic carbocycles. The van der Waals surface area contributed by atoms with Gasteiger partial charge in [0.2, 0.25) is 5.91 Å². The van der Waals surface area contributed by atoms with E-state index in [4.69, 9.17) is 9.47 Å². The lowest BCUT2D eigenvalue weighted by Crippen LogP contribution is -2.60. The van der Waals surface area contributed by atoms with Crippen LogP contribution in [-0.2, 0) is 14.3 Å². The van der Waals surface area contributed by atoms with Crippen LogP contribution in [0.3, 0.4) is 0 Å². The Labute approximate surface area is 419 Å². The van der Waals surface area contributed by atoms with Crippen LogP contribution in [0.25, 0.3) is 0 Å². The van der Waals surface area contributed by atoms with Crippen molar-refractivity contribution in [1.29, 1.82) is 0 Å². The first kappa shape index (κ1) is 64.7. The molecule has 7 atom stereocenters. The third kappa shape index (κ3) is 38.4. The van der Waals surface area contributed by atoms with E-state index in [9.17, 15) is 30.3 Å². The van der Waals surface area contributed by atoms with Crippen molar-refractivity contribution in [3.63, 3.8) is 0 Å². The molecule has 0 spiro atoms. The highest BCUT2D eigenvalue weighted by molar-refractivity contribution is 5.76. The van der Waals surface area contributed by atoms with Crippen molar-refractivity contribution in [2.45, 2.75) is 333 Å². The van der Waals surface area contributed by atoms with E-state index in [0.29, 0.717) is 12.8 Å². The van der Waals surface area contributed by atoms with Crippen molar-refractivity contribution < 1.29 is 39.8 Å². The zero-order valence-electron chi connectivity index (χ0n) is 44.6. The van der Waals surface area contributed by atoms with Gasteiger partial charge in [0.1, 0.15) is 24.4 Å². The van der Waals surface area contributed by atoms with E-state index in [1.54, 1.807) is 0 Å². The van der Waals surface area contributed by atoms with E-state index in [1.165, 1.54) is 199 Å². The Morgan fingerprint density at radius 3 is 1.29 bits per heavy atom. The maximum Gasteiger partial charge on any atom is 0.220 e. The predicted molar refractivity (Wildman–Crippen MR) is 286 cm³/mol. The van der Waals surface area contributed by atoms with Crippen LogP contribution in [0.15, 0.2) is 24.3 Å². The zero-order chi connectivity index (χ0) is 49.4. The van der Waals surface area contributed by atoms with Crippen molar-refractivity contribution in [1.82, 2.24) is 5.32 Å². The van der Waals surface area contributed by atoms with Gasteiger partial charge in [-0.3, -0.25) is 4.79 Å². The minimum atomic E-state index is -1.56. The third-order valence-corrected chi connectivity index (χ3v) is 14.3. The molecule has 1 heterocycles. The van der Waals surface area contributed by atoms with Crippen LogP contribution >= 0.6 is 0 Å². The van der Waals surface area contributed by atoms with Crippen LogP contribution in [0, 0.1) is 0 Å². The molecule has 0 bridgehead atoms. The van der Waals surface area contributed by atoms with Gasteiger partial charge in [0, 0.05) is 6.42 Å². The number of amides is 1. The van der Waals surface area contributed by atoms with Gasteiger partial charge in [0.15, 0.2) is 6.29 Å². The summed E-state index contributed by atoms with van der Waals surface area (Å²) in [6.07, 6.45) is 55.1. The molecule has 0 aromatic heterocycles. The summed E-state index contributed by atoms with van der Waals surface area (Å²) >= 11 is 0. The Balaban J connectivity index is 2.14. The Morgan fingerprint density at radius 2 is 0.868 bits per heavy atom. The van der Waals surface area contributed by atoms with Crippen LogP contribution in [0.2, 0.25) is 0 Å². The topological polar surface area (TPSA) is 149 Å². The monoisotopic (exact) mass is 964 g/mol. The number of allylic oxidation sites excluding steroid dienone is 4. The van der Waals surface area contributed by atoms with E-state index in [-0.39, 0.29) is 12.5 Å². The fourth-order valence-electron chi connectivity index (χ4n) is 9.61. The summed E-state index contributed by atoms with van der Waals surface area (Å²) in [6.45, 7) is 3.83. The van der Waals surface area contributed by atoms with Gasteiger partial charge >= 0.3 is 0 Å². The molecule has 9 nitrogen and oxygen atoms in total. The molecule has 0 aromatic carbocycles. The van der Waals surface area contributed by atoms with Crippen LogP contribution in [0.4, 0.5) is 0 Å². The van der Waals surface area contributed by atoms with E-state index in [1.807, 2.05) is 0 Å². The highest BCUT2D eigenvalue weighted by Gasteiger charge is 2.44. The summed E-state index contributed by atoms with van der Waals surface area (Å²) < 4.78 is 11.3. The van der Waals surface area contributed by atoms with Crippen LogP contribution in [0.1, 0.15) is 290 Å². The number of hydrogen-bond acceptors (Lipinski definition) is 8. The molecule has 1 fully saturated rings. The quantitative estimate of drug-likeness (QED) is 0.0261. The smallest absolute Gasteiger partial charge is 0.220 e. The summed E-state index contributed by atoms with van der Waals surface area (Å²) in [6, 6.07) is -0.725. The first-order valence-corrected chi connectivity index (χ1v) is 29.5. The molecule has 0 aromatic rings. The van der Waals surface area contributed by atoms with E-state index in [2.05, 4.69) is 43.5 Å². The Morgan fingerprint density at radius 1 is 0.500 bits per heavy atom. The van der Waals surface area contributed by atoms with Gasteiger partial charge in [-0.25, -0.2) is 0 Å². The summed E-state index contributed by atoms with van der Waals surface area (Å²) in [7, 11) is 0. The molecular weight excluding hydrogens is 851 g/mol. The normalized spacial score (nSPS) is 19.7. The SMILES string of the molecule is CCCCC/C=C\C/C=C\CCCCCCCC(=O)NC(COC1OC(CO)C(O)C(O)C1O)C(O)CCCCCCCCCCCCCCCCCCCCCCCCCCCCCCCC. The lowest BCUT2D eigenvalue weighted by atomic mass is 9.99. The van der Waals surface area contributed by atoms with Gasteiger partial charge in [-0.15, -0.1) is 0 Å². The van der Waals surface area contributed by atoms with Gasteiger partial charge in [-0.1, -0.05) is 263 Å².